The summed E-state index contributed by atoms with van der Waals surface area (Å²) >= 11 is 0. The highest BCUT2D eigenvalue weighted by Gasteiger charge is 2.20. The van der Waals surface area contributed by atoms with E-state index in [-0.39, 0.29) is 11.9 Å². The van der Waals surface area contributed by atoms with Crippen molar-refractivity contribution in [3.05, 3.63) is 64.2 Å². The Kier molecular flexibility index (Phi) is 2.80. The molecule has 106 valence electrons. The molecule has 4 rings (SSSR count). The molecular formula is C17H16N2O2. The summed E-state index contributed by atoms with van der Waals surface area (Å²) in [6.45, 7) is 1.36. The molecule has 0 bridgehead atoms. The number of fused-ring (bicyclic) bond motifs is 2. The topological polar surface area (TPSA) is 64.3 Å². The Morgan fingerprint density at radius 2 is 1.71 bits per heavy atom. The molecule has 4 heteroatoms. The maximum Gasteiger partial charge on any atom is 0.228 e. The van der Waals surface area contributed by atoms with Gasteiger partial charge in [0.2, 0.25) is 5.91 Å². The molecule has 0 aromatic heterocycles. The summed E-state index contributed by atoms with van der Waals surface area (Å²) in [6.07, 6.45) is 0.438. The van der Waals surface area contributed by atoms with Gasteiger partial charge in [0.25, 0.3) is 0 Å². The highest BCUT2D eigenvalue weighted by atomic mass is 16.5. The second-order valence-electron chi connectivity index (χ2n) is 5.64. The van der Waals surface area contributed by atoms with Crippen LogP contribution in [-0.2, 0) is 29.2 Å². The Balaban J connectivity index is 1.67. The van der Waals surface area contributed by atoms with Crippen LogP contribution in [0.1, 0.15) is 33.9 Å². The minimum absolute atomic E-state index is 0.0467. The van der Waals surface area contributed by atoms with E-state index in [1.54, 1.807) is 0 Å². The summed E-state index contributed by atoms with van der Waals surface area (Å²) in [5, 5.41) is 2.84. The number of amides is 1. The number of benzene rings is 2. The summed E-state index contributed by atoms with van der Waals surface area (Å²) in [6, 6.07) is 12.1. The largest absolute Gasteiger partial charge is 0.372 e. The van der Waals surface area contributed by atoms with Crippen molar-refractivity contribution in [1.82, 2.24) is 0 Å². The summed E-state index contributed by atoms with van der Waals surface area (Å²) < 4.78 is 5.44. The quantitative estimate of drug-likeness (QED) is 0.887. The molecule has 1 unspecified atom stereocenters. The van der Waals surface area contributed by atoms with Crippen molar-refractivity contribution in [1.29, 1.82) is 0 Å². The number of nitrogens with one attached hydrogen (secondary N) is 1. The Hall–Kier alpha value is -2.17. The van der Waals surface area contributed by atoms with Crippen LogP contribution in [0.15, 0.2) is 36.4 Å². The highest BCUT2D eigenvalue weighted by molar-refractivity contribution is 5.99. The molecule has 1 atom stereocenters. The van der Waals surface area contributed by atoms with Crippen LogP contribution in [0.25, 0.3) is 0 Å². The van der Waals surface area contributed by atoms with Crippen LogP contribution in [0.3, 0.4) is 0 Å². The van der Waals surface area contributed by atoms with Gasteiger partial charge in [0.05, 0.1) is 25.7 Å². The molecule has 0 fully saturated rings. The van der Waals surface area contributed by atoms with E-state index >= 15 is 0 Å². The molecule has 2 aromatic rings. The standard InChI is InChI=1S/C17H16N2O2/c18-17(10-1-2-12-8-21-9-14(12)6-10)11-3-4-15-13(5-11)7-16(20)19-15/h1-6,17H,7-9,18H2,(H,19,20). The van der Waals surface area contributed by atoms with Crippen LogP contribution < -0.4 is 11.1 Å². The number of ether oxygens (including phenoxy) is 1. The second kappa shape index (κ2) is 4.69. The van der Waals surface area contributed by atoms with E-state index < -0.39 is 0 Å². The number of carbonyl (C=O) groups is 1. The Bertz CT molecular complexity index is 740. The van der Waals surface area contributed by atoms with Crippen molar-refractivity contribution in [2.45, 2.75) is 25.7 Å². The van der Waals surface area contributed by atoms with E-state index in [0.29, 0.717) is 19.6 Å². The summed E-state index contributed by atoms with van der Waals surface area (Å²) in [5.74, 6) is 0.0467. The van der Waals surface area contributed by atoms with E-state index in [1.807, 2.05) is 18.2 Å². The lowest BCUT2D eigenvalue weighted by atomic mass is 9.95. The van der Waals surface area contributed by atoms with Crippen molar-refractivity contribution in [3.8, 4) is 0 Å². The van der Waals surface area contributed by atoms with Gasteiger partial charge in [-0.2, -0.15) is 0 Å². The van der Waals surface area contributed by atoms with Crippen LogP contribution >= 0.6 is 0 Å². The smallest absolute Gasteiger partial charge is 0.228 e. The molecule has 3 N–H and O–H groups in total. The first-order valence-electron chi connectivity index (χ1n) is 7.08. The van der Waals surface area contributed by atoms with Crippen molar-refractivity contribution >= 4 is 11.6 Å². The van der Waals surface area contributed by atoms with E-state index in [0.717, 1.165) is 22.4 Å². The third kappa shape index (κ3) is 2.13. The number of hydrogen-bond acceptors (Lipinski definition) is 3. The first kappa shape index (κ1) is 12.6. The summed E-state index contributed by atoms with van der Waals surface area (Å²) in [4.78, 5) is 11.4. The van der Waals surface area contributed by atoms with Gasteiger partial charge in [-0.1, -0.05) is 30.3 Å². The van der Waals surface area contributed by atoms with E-state index in [1.165, 1.54) is 11.1 Å². The first-order chi connectivity index (χ1) is 10.2. The van der Waals surface area contributed by atoms with Crippen LogP contribution in [-0.4, -0.2) is 5.91 Å². The number of rotatable bonds is 2. The van der Waals surface area contributed by atoms with Gasteiger partial charge in [0, 0.05) is 5.69 Å². The highest BCUT2D eigenvalue weighted by Crippen LogP contribution is 2.30. The normalized spacial score (nSPS) is 17.3. The minimum Gasteiger partial charge on any atom is -0.372 e. The van der Waals surface area contributed by atoms with Crippen LogP contribution in [0.2, 0.25) is 0 Å². The molecule has 1 amide bonds. The van der Waals surface area contributed by atoms with Crippen LogP contribution in [0.4, 0.5) is 5.69 Å². The van der Waals surface area contributed by atoms with Gasteiger partial charge >= 0.3 is 0 Å². The van der Waals surface area contributed by atoms with E-state index in [9.17, 15) is 4.79 Å². The number of nitrogens with two attached hydrogens (primary N) is 1. The lowest BCUT2D eigenvalue weighted by Crippen LogP contribution is -2.12. The fourth-order valence-electron chi connectivity index (χ4n) is 3.02. The van der Waals surface area contributed by atoms with Crippen molar-refractivity contribution < 1.29 is 9.53 Å². The van der Waals surface area contributed by atoms with Gasteiger partial charge in [-0.3, -0.25) is 4.79 Å². The zero-order valence-electron chi connectivity index (χ0n) is 11.6. The molecule has 2 aliphatic rings. The molecule has 0 saturated carbocycles. The molecule has 2 aliphatic heterocycles. The van der Waals surface area contributed by atoms with Gasteiger partial charge < -0.3 is 15.8 Å². The van der Waals surface area contributed by atoms with Gasteiger partial charge in [-0.05, 0) is 33.9 Å². The Labute approximate surface area is 122 Å². The predicted molar refractivity (Wildman–Crippen MR) is 79.7 cm³/mol. The lowest BCUT2D eigenvalue weighted by Gasteiger charge is -2.15. The van der Waals surface area contributed by atoms with Gasteiger partial charge in [0.1, 0.15) is 0 Å². The SMILES string of the molecule is NC(c1ccc2c(c1)COC2)c1ccc2c(c1)CC(=O)N2. The lowest BCUT2D eigenvalue weighted by molar-refractivity contribution is -0.115. The fourth-order valence-corrected chi connectivity index (χ4v) is 3.02. The number of hydrogen-bond donors (Lipinski definition) is 2. The first-order valence-corrected chi connectivity index (χ1v) is 7.08. The van der Waals surface area contributed by atoms with Crippen molar-refractivity contribution in [3.63, 3.8) is 0 Å². The molecule has 0 spiro atoms. The third-order valence-electron chi connectivity index (χ3n) is 4.22. The van der Waals surface area contributed by atoms with Crippen molar-refractivity contribution in [2.75, 3.05) is 5.32 Å². The summed E-state index contributed by atoms with van der Waals surface area (Å²) in [5.41, 5.74) is 12.9. The minimum atomic E-state index is -0.183. The van der Waals surface area contributed by atoms with Gasteiger partial charge in [-0.25, -0.2) is 0 Å². The second-order valence-corrected chi connectivity index (χ2v) is 5.64. The molecule has 2 aromatic carbocycles. The average molecular weight is 280 g/mol. The average Bonchev–Trinajstić information content (AvgIpc) is 3.09. The molecule has 0 radical (unpaired) electrons. The molecule has 0 saturated heterocycles. The van der Waals surface area contributed by atoms with Gasteiger partial charge in [-0.15, -0.1) is 0 Å². The van der Waals surface area contributed by atoms with Crippen LogP contribution in [0.5, 0.6) is 0 Å². The molecule has 2 heterocycles. The monoisotopic (exact) mass is 280 g/mol. The third-order valence-corrected chi connectivity index (χ3v) is 4.22. The summed E-state index contributed by atoms with van der Waals surface area (Å²) in [7, 11) is 0. The Morgan fingerprint density at radius 1 is 1.00 bits per heavy atom. The van der Waals surface area contributed by atoms with Gasteiger partial charge in [0.15, 0.2) is 0 Å². The van der Waals surface area contributed by atoms with Crippen molar-refractivity contribution in [2.24, 2.45) is 5.73 Å². The molecular weight excluding hydrogens is 264 g/mol. The molecule has 0 aliphatic carbocycles. The molecule has 4 nitrogen and oxygen atoms in total. The fraction of sp³-hybridized carbons (Fsp3) is 0.235. The zero-order valence-corrected chi connectivity index (χ0v) is 11.6. The zero-order chi connectivity index (χ0) is 14.4. The predicted octanol–water partition coefficient (Wildman–Crippen LogP) is 2.26. The maximum atomic E-state index is 11.4. The van der Waals surface area contributed by atoms with E-state index in [2.05, 4.69) is 23.5 Å². The van der Waals surface area contributed by atoms with Crippen LogP contribution in [0, 0.1) is 0 Å². The maximum absolute atomic E-state index is 11.4. The Morgan fingerprint density at radius 3 is 2.57 bits per heavy atom. The number of anilines is 1. The number of carbonyl (C=O) groups excluding carboxylic acids is 1. The molecule has 21 heavy (non-hydrogen) atoms. The van der Waals surface area contributed by atoms with E-state index in [4.69, 9.17) is 10.5 Å².